The maximum atomic E-state index is 12.7. The van der Waals surface area contributed by atoms with Crippen LogP contribution in [0.1, 0.15) is 16.8 Å². The Hall–Kier alpha value is -2.42. The summed E-state index contributed by atoms with van der Waals surface area (Å²) in [6.45, 7) is 0. The van der Waals surface area contributed by atoms with Crippen molar-refractivity contribution >= 4 is 34.7 Å². The molecule has 1 heterocycles. The number of nitrogens with one attached hydrogen (secondary N) is 2. The minimum atomic E-state index is -1.38. The summed E-state index contributed by atoms with van der Waals surface area (Å²) in [5.74, 6) is -3.01. The summed E-state index contributed by atoms with van der Waals surface area (Å²) in [6.07, 6.45) is -0.224. The van der Waals surface area contributed by atoms with Crippen LogP contribution in [-0.2, 0) is 9.59 Å². The minimum absolute atomic E-state index is 0.0455. The highest BCUT2D eigenvalue weighted by molar-refractivity contribution is 8.15. The van der Waals surface area contributed by atoms with Crippen LogP contribution in [0.3, 0.4) is 0 Å². The van der Waals surface area contributed by atoms with Crippen molar-refractivity contribution in [1.29, 1.82) is 0 Å². The summed E-state index contributed by atoms with van der Waals surface area (Å²) in [6, 6.07) is 4.76. The fourth-order valence-corrected chi connectivity index (χ4v) is 2.37. The molecule has 1 aromatic rings. The minimum Gasteiger partial charge on any atom is -0.549 e. The van der Waals surface area contributed by atoms with Crippen LogP contribution in [0.25, 0.3) is 0 Å². The van der Waals surface area contributed by atoms with E-state index in [2.05, 4.69) is 15.8 Å². The first-order valence-electron chi connectivity index (χ1n) is 5.76. The van der Waals surface area contributed by atoms with E-state index in [4.69, 9.17) is 0 Å². The van der Waals surface area contributed by atoms with Crippen molar-refractivity contribution in [3.8, 4) is 0 Å². The molecule has 21 heavy (non-hydrogen) atoms. The van der Waals surface area contributed by atoms with Gasteiger partial charge in [0.05, 0.1) is 11.2 Å². The Morgan fingerprint density at radius 3 is 2.67 bits per heavy atom. The van der Waals surface area contributed by atoms with Gasteiger partial charge in [0.1, 0.15) is 5.82 Å². The van der Waals surface area contributed by atoms with E-state index in [0.29, 0.717) is 0 Å². The number of hydrazone groups is 1. The predicted molar refractivity (Wildman–Crippen MR) is 70.4 cm³/mol. The number of benzene rings is 1. The molecule has 0 saturated carbocycles. The van der Waals surface area contributed by atoms with Gasteiger partial charge in [0.15, 0.2) is 5.17 Å². The lowest BCUT2D eigenvalue weighted by Gasteiger charge is -2.23. The predicted octanol–water partition coefficient (Wildman–Crippen LogP) is -0.802. The lowest BCUT2D eigenvalue weighted by atomic mass is 10.2. The van der Waals surface area contributed by atoms with Crippen molar-refractivity contribution in [3.63, 3.8) is 0 Å². The largest absolute Gasteiger partial charge is 0.549 e. The number of hydrogen-bond acceptors (Lipinski definition) is 6. The van der Waals surface area contributed by atoms with E-state index in [1.807, 2.05) is 0 Å². The first kappa shape index (κ1) is 15.0. The lowest BCUT2D eigenvalue weighted by Crippen LogP contribution is -2.45. The second kappa shape index (κ2) is 6.35. The van der Waals surface area contributed by atoms with E-state index in [1.165, 1.54) is 12.1 Å². The van der Waals surface area contributed by atoms with E-state index in [9.17, 15) is 23.9 Å². The van der Waals surface area contributed by atoms with Crippen LogP contribution in [0.2, 0.25) is 0 Å². The normalized spacial score (nSPS) is 20.0. The summed E-state index contributed by atoms with van der Waals surface area (Å²) in [5.41, 5.74) is 2.32. The SMILES string of the molecule is O=C1C[C@@H](C(=O)[O-])S/C(=N/NC(=O)c2ccc(F)cc2)N1. The van der Waals surface area contributed by atoms with Gasteiger partial charge in [-0.25, -0.2) is 9.82 Å². The van der Waals surface area contributed by atoms with E-state index in [-0.39, 0.29) is 17.2 Å². The molecule has 1 saturated heterocycles. The Kier molecular flexibility index (Phi) is 4.53. The molecule has 0 unspecified atom stereocenters. The van der Waals surface area contributed by atoms with Crippen molar-refractivity contribution in [2.75, 3.05) is 0 Å². The van der Waals surface area contributed by atoms with Crippen molar-refractivity contribution in [3.05, 3.63) is 35.6 Å². The van der Waals surface area contributed by atoms with Crippen LogP contribution in [0.15, 0.2) is 29.4 Å². The van der Waals surface area contributed by atoms with Crippen molar-refractivity contribution in [1.82, 2.24) is 10.7 Å². The molecule has 2 amide bonds. The number of carboxylic acids is 1. The first-order chi connectivity index (χ1) is 9.95. The second-order valence-electron chi connectivity index (χ2n) is 4.04. The van der Waals surface area contributed by atoms with Gasteiger partial charge in [-0.05, 0) is 24.3 Å². The van der Waals surface area contributed by atoms with E-state index in [0.717, 1.165) is 23.9 Å². The number of rotatable bonds is 3. The molecule has 9 heteroatoms. The molecular formula is C12H9FN3O4S-. The number of carbonyl (C=O) groups excluding carboxylic acids is 3. The van der Waals surface area contributed by atoms with Gasteiger partial charge in [-0.2, -0.15) is 0 Å². The number of hydrogen-bond donors (Lipinski definition) is 2. The Labute approximate surface area is 122 Å². The Morgan fingerprint density at radius 2 is 2.05 bits per heavy atom. The van der Waals surface area contributed by atoms with E-state index >= 15 is 0 Å². The molecule has 0 radical (unpaired) electrons. The van der Waals surface area contributed by atoms with Crippen LogP contribution >= 0.6 is 11.8 Å². The molecule has 1 fully saturated rings. The molecule has 1 atom stereocenters. The number of carboxylic acid groups (broad SMARTS) is 1. The topological polar surface area (TPSA) is 111 Å². The molecule has 110 valence electrons. The summed E-state index contributed by atoms with van der Waals surface area (Å²) < 4.78 is 12.7. The number of carbonyl (C=O) groups is 3. The molecule has 0 aromatic heterocycles. The third-order valence-corrected chi connectivity index (χ3v) is 3.56. The fraction of sp³-hybridized carbons (Fsp3) is 0.167. The standard InChI is InChI=1S/C12H10FN3O4S/c13-7-3-1-6(2-4-7)10(18)15-16-12-14-9(17)5-8(21-12)11(19)20/h1-4,8H,5H2,(H,15,18)(H,19,20)(H,14,16,17)/p-1/t8-/m0/s1. The van der Waals surface area contributed by atoms with E-state index in [1.54, 1.807) is 0 Å². The summed E-state index contributed by atoms with van der Waals surface area (Å²) in [7, 11) is 0. The summed E-state index contributed by atoms with van der Waals surface area (Å²) in [4.78, 5) is 33.7. The average Bonchev–Trinajstić information content (AvgIpc) is 2.45. The molecule has 2 rings (SSSR count). The lowest BCUT2D eigenvalue weighted by molar-refractivity contribution is -0.304. The Bertz CT molecular complexity index is 617. The molecule has 1 aliphatic heterocycles. The van der Waals surface area contributed by atoms with Crippen LogP contribution in [0, 0.1) is 5.82 Å². The van der Waals surface area contributed by atoms with Crippen molar-refractivity contribution in [2.45, 2.75) is 11.7 Å². The molecule has 0 bridgehead atoms. The number of thioether (sulfide) groups is 1. The maximum Gasteiger partial charge on any atom is 0.271 e. The number of nitrogens with zero attached hydrogens (tertiary/aromatic N) is 1. The zero-order valence-corrected chi connectivity index (χ0v) is 11.3. The van der Waals surface area contributed by atoms with Crippen molar-refractivity contribution in [2.24, 2.45) is 5.10 Å². The number of amidine groups is 1. The summed E-state index contributed by atoms with van der Waals surface area (Å²) in [5, 5.41) is 15.6. The van der Waals surface area contributed by atoms with Gasteiger partial charge < -0.3 is 15.2 Å². The molecule has 2 N–H and O–H groups in total. The fourth-order valence-electron chi connectivity index (χ4n) is 1.50. The quantitative estimate of drug-likeness (QED) is 0.710. The number of halogens is 1. The monoisotopic (exact) mass is 310 g/mol. The Balaban J connectivity index is 2.02. The maximum absolute atomic E-state index is 12.7. The molecule has 1 aromatic carbocycles. The molecular weight excluding hydrogens is 301 g/mol. The molecule has 7 nitrogen and oxygen atoms in total. The molecule has 0 spiro atoms. The number of aliphatic carboxylic acids is 1. The third kappa shape index (κ3) is 4.02. The molecule has 0 aliphatic carbocycles. The van der Waals surface area contributed by atoms with Gasteiger partial charge in [0.2, 0.25) is 5.91 Å². The van der Waals surface area contributed by atoms with Crippen LogP contribution in [0.4, 0.5) is 4.39 Å². The summed E-state index contributed by atoms with van der Waals surface area (Å²) >= 11 is 0.764. The highest BCUT2D eigenvalue weighted by Gasteiger charge is 2.25. The smallest absolute Gasteiger partial charge is 0.271 e. The zero-order valence-electron chi connectivity index (χ0n) is 10.5. The van der Waals surface area contributed by atoms with Crippen LogP contribution < -0.4 is 15.8 Å². The van der Waals surface area contributed by atoms with Gasteiger partial charge in [-0.1, -0.05) is 11.8 Å². The highest BCUT2D eigenvalue weighted by Crippen LogP contribution is 2.19. The number of amides is 2. The first-order valence-corrected chi connectivity index (χ1v) is 6.64. The van der Waals surface area contributed by atoms with Gasteiger partial charge in [0, 0.05) is 12.0 Å². The van der Waals surface area contributed by atoms with Gasteiger partial charge in [-0.3, -0.25) is 9.59 Å². The van der Waals surface area contributed by atoms with Crippen LogP contribution in [-0.4, -0.2) is 28.2 Å². The van der Waals surface area contributed by atoms with Crippen molar-refractivity contribution < 1.29 is 23.9 Å². The van der Waals surface area contributed by atoms with Gasteiger partial charge in [0.25, 0.3) is 5.91 Å². The van der Waals surface area contributed by atoms with E-state index < -0.39 is 28.9 Å². The zero-order chi connectivity index (χ0) is 15.4. The average molecular weight is 310 g/mol. The van der Waals surface area contributed by atoms with Gasteiger partial charge >= 0.3 is 0 Å². The third-order valence-electron chi connectivity index (χ3n) is 2.50. The molecule has 1 aliphatic rings. The second-order valence-corrected chi connectivity index (χ2v) is 5.23. The van der Waals surface area contributed by atoms with Crippen LogP contribution in [0.5, 0.6) is 0 Å². The van der Waals surface area contributed by atoms with Gasteiger partial charge in [-0.15, -0.1) is 5.10 Å². The highest BCUT2D eigenvalue weighted by atomic mass is 32.2. The Morgan fingerprint density at radius 1 is 1.38 bits per heavy atom.